The Hall–Kier alpha value is 0.780. The highest BCUT2D eigenvalue weighted by Crippen LogP contribution is 2.24. The van der Waals surface area contributed by atoms with E-state index in [1.54, 1.807) is 0 Å². The van der Waals surface area contributed by atoms with Gasteiger partial charge in [-0.3, -0.25) is 9.59 Å². The summed E-state index contributed by atoms with van der Waals surface area (Å²) in [6, 6.07) is 0. The SMILES string of the molecule is O=C(CCBr)N1CC[N+]2(CC1)CC[N+]1(CCN(C(=O)CCBr)CC1)CC2.[Br-].[Br-]. The van der Waals surface area contributed by atoms with Crippen LogP contribution in [-0.2, 0) is 9.59 Å². The van der Waals surface area contributed by atoms with Crippen molar-refractivity contribution in [3.8, 4) is 0 Å². The van der Waals surface area contributed by atoms with Crippen LogP contribution in [0.3, 0.4) is 0 Å². The van der Waals surface area contributed by atoms with Gasteiger partial charge in [0.1, 0.15) is 26.2 Å². The molecule has 6 nitrogen and oxygen atoms in total. The van der Waals surface area contributed by atoms with Crippen LogP contribution < -0.4 is 34.0 Å². The smallest absolute Gasteiger partial charge is 0.223 e. The second-order valence-corrected chi connectivity index (χ2v) is 9.70. The Morgan fingerprint density at radius 1 is 0.607 bits per heavy atom. The van der Waals surface area contributed by atoms with Crippen LogP contribution in [0, 0.1) is 0 Å². The Morgan fingerprint density at radius 2 is 0.893 bits per heavy atom. The molecule has 0 unspecified atom stereocenters. The van der Waals surface area contributed by atoms with Crippen LogP contribution in [0.1, 0.15) is 12.8 Å². The van der Waals surface area contributed by atoms with Crippen LogP contribution in [0.25, 0.3) is 0 Å². The second-order valence-electron chi connectivity index (χ2n) is 8.11. The van der Waals surface area contributed by atoms with Gasteiger partial charge in [0.15, 0.2) is 0 Å². The highest BCUT2D eigenvalue weighted by atomic mass is 79.9. The summed E-state index contributed by atoms with van der Waals surface area (Å²) in [5.74, 6) is 0.592. The molecule has 3 aliphatic heterocycles. The van der Waals surface area contributed by atoms with Crippen LogP contribution >= 0.6 is 31.9 Å². The van der Waals surface area contributed by atoms with Crippen molar-refractivity contribution < 1.29 is 52.5 Å². The molecule has 0 aliphatic carbocycles. The number of hydrogen-bond acceptors (Lipinski definition) is 2. The summed E-state index contributed by atoms with van der Waals surface area (Å²) in [5, 5.41) is 1.52. The third-order valence-electron chi connectivity index (χ3n) is 6.80. The van der Waals surface area contributed by atoms with E-state index in [0.717, 1.165) is 63.0 Å². The lowest BCUT2D eigenvalue weighted by molar-refractivity contribution is -1.03. The molecule has 3 fully saturated rings. The third kappa shape index (κ3) is 6.39. The number of hydrogen-bond donors (Lipinski definition) is 0. The summed E-state index contributed by atoms with van der Waals surface area (Å²) in [6.07, 6.45) is 1.23. The fourth-order valence-electron chi connectivity index (χ4n) is 4.72. The second kappa shape index (κ2) is 12.0. The first kappa shape index (κ1) is 26.8. The Kier molecular flexibility index (Phi) is 11.5. The van der Waals surface area contributed by atoms with Crippen molar-refractivity contribution in [3.63, 3.8) is 0 Å². The predicted molar refractivity (Wildman–Crippen MR) is 109 cm³/mol. The fraction of sp³-hybridized carbons (Fsp3) is 0.889. The molecular formula is C18H32Br4N4O2. The van der Waals surface area contributed by atoms with Crippen molar-refractivity contribution in [3.05, 3.63) is 0 Å². The van der Waals surface area contributed by atoms with Crippen LogP contribution in [0.4, 0.5) is 0 Å². The molecule has 3 rings (SSSR count). The number of carbonyl (C=O) groups is 2. The van der Waals surface area contributed by atoms with E-state index in [2.05, 4.69) is 41.7 Å². The number of amides is 2. The molecule has 3 saturated heterocycles. The average molecular weight is 656 g/mol. The van der Waals surface area contributed by atoms with Crippen molar-refractivity contribution in [2.24, 2.45) is 0 Å². The highest BCUT2D eigenvalue weighted by molar-refractivity contribution is 9.09. The lowest BCUT2D eigenvalue weighted by Crippen LogP contribution is -3.00. The van der Waals surface area contributed by atoms with Crippen molar-refractivity contribution in [1.82, 2.24) is 9.80 Å². The Balaban J connectivity index is 0.00000196. The standard InChI is InChI=1S/C18H32Br2N4O2.2BrH/c19-3-1-17(25)21-5-9-23(10-6-21)13-15-24(16-14-23)11-7-22(8-12-24)18(26)2-4-20;;/h1-16H2;2*1H/q+2;;/p-2. The van der Waals surface area contributed by atoms with Crippen LogP contribution in [0.2, 0.25) is 0 Å². The summed E-state index contributed by atoms with van der Waals surface area (Å²) in [4.78, 5) is 28.3. The Labute approximate surface area is 206 Å². The molecule has 0 radical (unpaired) electrons. The molecule has 0 saturated carbocycles. The zero-order chi connectivity index (χ0) is 18.6. The van der Waals surface area contributed by atoms with E-state index in [1.165, 1.54) is 35.1 Å². The van der Waals surface area contributed by atoms with E-state index in [-0.39, 0.29) is 34.0 Å². The van der Waals surface area contributed by atoms with Gasteiger partial charge in [-0.25, -0.2) is 0 Å². The summed E-state index contributed by atoms with van der Waals surface area (Å²) < 4.78 is 2.40. The zero-order valence-corrected chi connectivity index (χ0v) is 22.8. The van der Waals surface area contributed by atoms with Crippen molar-refractivity contribution in [1.29, 1.82) is 0 Å². The van der Waals surface area contributed by atoms with Crippen LogP contribution in [-0.4, -0.2) is 120 Å². The van der Waals surface area contributed by atoms with Gasteiger partial charge in [0.25, 0.3) is 0 Å². The van der Waals surface area contributed by atoms with Crippen molar-refractivity contribution in [2.45, 2.75) is 12.8 Å². The van der Waals surface area contributed by atoms with Crippen LogP contribution in [0.5, 0.6) is 0 Å². The minimum Gasteiger partial charge on any atom is -1.00 e. The normalized spacial score (nSPS) is 23.1. The van der Waals surface area contributed by atoms with Gasteiger partial charge in [0, 0.05) is 23.5 Å². The first-order valence-corrected chi connectivity index (χ1v) is 12.1. The molecule has 0 aromatic carbocycles. The minimum absolute atomic E-state index is 0. The van der Waals surface area contributed by atoms with Gasteiger partial charge >= 0.3 is 0 Å². The van der Waals surface area contributed by atoms with Gasteiger partial charge in [-0.2, -0.15) is 0 Å². The number of quaternary nitrogens is 2. The molecule has 0 bridgehead atoms. The fourth-order valence-corrected chi connectivity index (χ4v) is 5.40. The number of piperazine rings is 3. The largest absolute Gasteiger partial charge is 1.00 e. The van der Waals surface area contributed by atoms with Crippen molar-refractivity contribution in [2.75, 3.05) is 89.2 Å². The maximum atomic E-state index is 12.1. The molecule has 0 aromatic rings. The lowest BCUT2D eigenvalue weighted by Gasteiger charge is -2.54. The molecule has 10 heteroatoms. The van der Waals surface area contributed by atoms with Gasteiger partial charge in [-0.05, 0) is 0 Å². The first-order chi connectivity index (χ1) is 12.5. The van der Waals surface area contributed by atoms with Gasteiger partial charge in [-0.1, -0.05) is 31.9 Å². The highest BCUT2D eigenvalue weighted by Gasteiger charge is 2.45. The minimum atomic E-state index is 0. The molecule has 0 aromatic heterocycles. The molecule has 164 valence electrons. The lowest BCUT2D eigenvalue weighted by atomic mass is 10.1. The summed E-state index contributed by atoms with van der Waals surface area (Å²) >= 11 is 6.74. The molecular weight excluding hydrogens is 624 g/mol. The molecule has 2 amide bonds. The van der Waals surface area contributed by atoms with Gasteiger partial charge in [0.05, 0.1) is 52.4 Å². The number of alkyl halides is 2. The zero-order valence-electron chi connectivity index (χ0n) is 16.4. The average Bonchev–Trinajstić information content (AvgIpc) is 2.66. The molecule has 3 aliphatic rings. The van der Waals surface area contributed by atoms with Crippen molar-refractivity contribution >= 4 is 43.7 Å². The molecule has 3 heterocycles. The van der Waals surface area contributed by atoms with E-state index >= 15 is 0 Å². The maximum absolute atomic E-state index is 12.1. The summed E-state index contributed by atoms with van der Waals surface area (Å²) in [7, 11) is 0. The van der Waals surface area contributed by atoms with E-state index < -0.39 is 0 Å². The molecule has 0 N–H and O–H groups in total. The Morgan fingerprint density at radius 3 is 1.14 bits per heavy atom. The maximum Gasteiger partial charge on any atom is 0.223 e. The van der Waals surface area contributed by atoms with Gasteiger partial charge in [-0.15, -0.1) is 0 Å². The molecule has 28 heavy (non-hydrogen) atoms. The predicted octanol–water partition coefficient (Wildman–Crippen LogP) is -5.10. The summed E-state index contributed by atoms with van der Waals surface area (Å²) in [6.45, 7) is 13.1. The van der Waals surface area contributed by atoms with Crippen LogP contribution in [0.15, 0.2) is 0 Å². The Bertz CT molecular complexity index is 464. The number of halogens is 4. The third-order valence-corrected chi connectivity index (χ3v) is 7.59. The first-order valence-electron chi connectivity index (χ1n) is 9.89. The van der Waals surface area contributed by atoms with E-state index in [4.69, 9.17) is 0 Å². The number of rotatable bonds is 4. The topological polar surface area (TPSA) is 40.6 Å². The van der Waals surface area contributed by atoms with E-state index in [9.17, 15) is 9.59 Å². The monoisotopic (exact) mass is 652 g/mol. The molecule has 2 spiro atoms. The van der Waals surface area contributed by atoms with E-state index in [0.29, 0.717) is 24.7 Å². The molecule has 0 atom stereocenters. The number of carbonyl (C=O) groups excluding carboxylic acids is 2. The van der Waals surface area contributed by atoms with E-state index in [1.807, 2.05) is 0 Å². The van der Waals surface area contributed by atoms with Gasteiger partial charge in [0.2, 0.25) is 11.8 Å². The van der Waals surface area contributed by atoms with Gasteiger partial charge < -0.3 is 52.7 Å². The number of nitrogens with zero attached hydrogens (tertiary/aromatic N) is 4. The quantitative estimate of drug-likeness (QED) is 0.225. The summed E-state index contributed by atoms with van der Waals surface area (Å²) in [5.41, 5.74) is 0.